The topological polar surface area (TPSA) is 112 Å². The van der Waals surface area contributed by atoms with E-state index in [1.54, 1.807) is 7.11 Å². The summed E-state index contributed by atoms with van der Waals surface area (Å²) in [7, 11) is 1.68. The number of fused-ring (bicyclic) bond motifs is 1. The summed E-state index contributed by atoms with van der Waals surface area (Å²) < 4.78 is 11.5. The van der Waals surface area contributed by atoms with Gasteiger partial charge in [0.15, 0.2) is 11.6 Å². The van der Waals surface area contributed by atoms with Crippen LogP contribution < -0.4 is 26.4 Å². The number of hydrogen-bond donors (Lipinski definition) is 3. The van der Waals surface area contributed by atoms with Gasteiger partial charge in [-0.3, -0.25) is 0 Å². The first-order valence-corrected chi connectivity index (χ1v) is 7.53. The summed E-state index contributed by atoms with van der Waals surface area (Å²) in [6, 6.07) is 0.136. The molecule has 0 bridgehead atoms. The quantitative estimate of drug-likeness (QED) is 0.726. The predicted octanol–water partition coefficient (Wildman–Crippen LogP) is 0.194. The van der Waals surface area contributed by atoms with Gasteiger partial charge in [0, 0.05) is 26.2 Å². The number of ether oxygens (including phenoxy) is 2. The molecule has 2 aliphatic heterocycles. The Morgan fingerprint density at radius 2 is 2.18 bits per heavy atom. The lowest BCUT2D eigenvalue weighted by Gasteiger charge is -2.37. The highest BCUT2D eigenvalue weighted by Gasteiger charge is 2.36. The van der Waals surface area contributed by atoms with Crippen molar-refractivity contribution in [3.8, 4) is 5.75 Å². The molecule has 5 N–H and O–H groups in total. The van der Waals surface area contributed by atoms with Gasteiger partial charge in [-0.05, 0) is 20.3 Å². The normalized spacial score (nSPS) is 24.6. The van der Waals surface area contributed by atoms with Crippen molar-refractivity contribution in [1.82, 2.24) is 9.97 Å². The van der Waals surface area contributed by atoms with Crippen molar-refractivity contribution in [3.05, 3.63) is 0 Å². The van der Waals surface area contributed by atoms with E-state index in [0.717, 1.165) is 25.3 Å². The van der Waals surface area contributed by atoms with Gasteiger partial charge >= 0.3 is 0 Å². The van der Waals surface area contributed by atoms with Crippen LogP contribution in [0.1, 0.15) is 20.3 Å². The maximum atomic E-state index is 5.98. The lowest BCUT2D eigenvalue weighted by molar-refractivity contribution is -0.00741. The molecular weight excluding hydrogens is 284 g/mol. The van der Waals surface area contributed by atoms with Crippen LogP contribution in [0.25, 0.3) is 0 Å². The van der Waals surface area contributed by atoms with E-state index >= 15 is 0 Å². The number of hydrogen-bond acceptors (Lipinski definition) is 8. The number of nitrogens with zero attached hydrogens (tertiary/aromatic N) is 3. The first-order chi connectivity index (χ1) is 10.4. The van der Waals surface area contributed by atoms with Gasteiger partial charge in [-0.25, -0.2) is 0 Å². The molecule has 122 valence electrons. The highest BCUT2D eigenvalue weighted by atomic mass is 16.5. The van der Waals surface area contributed by atoms with Crippen LogP contribution in [-0.2, 0) is 4.74 Å². The zero-order valence-electron chi connectivity index (χ0n) is 13.3. The van der Waals surface area contributed by atoms with E-state index in [1.807, 2.05) is 13.8 Å². The van der Waals surface area contributed by atoms with E-state index < -0.39 is 0 Å². The zero-order valence-corrected chi connectivity index (χ0v) is 13.3. The Hall–Kier alpha value is -1.80. The second-order valence-electron chi connectivity index (χ2n) is 6.39. The Labute approximate surface area is 130 Å². The molecule has 0 unspecified atom stereocenters. The summed E-state index contributed by atoms with van der Waals surface area (Å²) >= 11 is 0. The molecule has 0 radical (unpaired) electrons. The van der Waals surface area contributed by atoms with Crippen molar-refractivity contribution < 1.29 is 9.47 Å². The molecule has 0 spiro atoms. The Morgan fingerprint density at radius 3 is 2.82 bits per heavy atom. The molecule has 0 aromatic carbocycles. The first kappa shape index (κ1) is 15.1. The van der Waals surface area contributed by atoms with Crippen LogP contribution in [-0.4, -0.2) is 54.5 Å². The summed E-state index contributed by atoms with van der Waals surface area (Å²) in [5.74, 6) is 2.20. The largest absolute Gasteiger partial charge is 0.484 e. The van der Waals surface area contributed by atoms with E-state index in [1.165, 1.54) is 0 Å². The molecular formula is C14H24N6O2. The summed E-state index contributed by atoms with van der Waals surface area (Å²) in [6.07, 6.45) is 0.936. The molecule has 1 aromatic rings. The fraction of sp³-hybridized carbons (Fsp3) is 0.714. The third-order valence-corrected chi connectivity index (χ3v) is 4.46. The predicted molar refractivity (Wildman–Crippen MR) is 85.2 cm³/mol. The van der Waals surface area contributed by atoms with Crippen LogP contribution in [0.5, 0.6) is 5.75 Å². The lowest BCUT2D eigenvalue weighted by Crippen LogP contribution is -2.49. The monoisotopic (exact) mass is 308 g/mol. The average Bonchev–Trinajstić information content (AvgIpc) is 2.92. The number of nitrogens with one attached hydrogen (secondary N) is 1. The van der Waals surface area contributed by atoms with Crippen molar-refractivity contribution >= 4 is 17.6 Å². The van der Waals surface area contributed by atoms with Crippen molar-refractivity contribution in [2.75, 3.05) is 42.8 Å². The Kier molecular flexibility index (Phi) is 3.73. The minimum atomic E-state index is -0.381. The van der Waals surface area contributed by atoms with E-state index in [4.69, 9.17) is 20.9 Å². The smallest absolute Gasteiger partial charge is 0.224 e. The molecule has 0 aliphatic carbocycles. The molecule has 2 atom stereocenters. The Bertz CT molecular complexity index is 565. The van der Waals surface area contributed by atoms with Gasteiger partial charge in [-0.15, -0.1) is 0 Å². The number of aromatic nitrogens is 2. The second-order valence-corrected chi connectivity index (χ2v) is 6.39. The summed E-state index contributed by atoms with van der Waals surface area (Å²) in [5.41, 5.74) is 11.5. The molecule has 0 saturated carbocycles. The van der Waals surface area contributed by atoms with Crippen LogP contribution in [0.2, 0.25) is 0 Å². The highest BCUT2D eigenvalue weighted by molar-refractivity contribution is 5.69. The number of rotatable bonds is 3. The van der Waals surface area contributed by atoms with Gasteiger partial charge < -0.3 is 31.2 Å². The second kappa shape index (κ2) is 5.44. The van der Waals surface area contributed by atoms with E-state index in [-0.39, 0.29) is 23.6 Å². The van der Waals surface area contributed by atoms with Gasteiger partial charge in [0.05, 0.1) is 11.6 Å². The van der Waals surface area contributed by atoms with E-state index in [2.05, 4.69) is 20.2 Å². The molecule has 8 heteroatoms. The highest BCUT2D eigenvalue weighted by Crippen LogP contribution is 2.39. The Morgan fingerprint density at radius 1 is 1.41 bits per heavy atom. The fourth-order valence-corrected chi connectivity index (χ4v) is 2.77. The third-order valence-electron chi connectivity index (χ3n) is 4.46. The van der Waals surface area contributed by atoms with Gasteiger partial charge in [0.25, 0.3) is 0 Å². The average molecular weight is 308 g/mol. The maximum Gasteiger partial charge on any atom is 0.224 e. The summed E-state index contributed by atoms with van der Waals surface area (Å²) in [6.45, 7) is 6.08. The van der Waals surface area contributed by atoms with Crippen LogP contribution in [0.4, 0.5) is 17.6 Å². The number of nitrogens with two attached hydrogens (primary N) is 2. The van der Waals surface area contributed by atoms with Crippen molar-refractivity contribution in [2.24, 2.45) is 5.73 Å². The molecule has 1 fully saturated rings. The standard InChI is InChI=1S/C14H24N6O2/c1-14(2,21-3)9-7-22-10-11(17-9)18-13(16)19-12(10)20-5-4-8(15)6-20/h8-9H,4-7,15H2,1-3H3,(H3,16,17,18,19)/t8-,9+/m1/s1. The van der Waals surface area contributed by atoms with Crippen molar-refractivity contribution in [3.63, 3.8) is 0 Å². The Balaban J connectivity index is 1.91. The molecule has 2 aliphatic rings. The molecule has 3 rings (SSSR count). The summed E-state index contributed by atoms with van der Waals surface area (Å²) in [5, 5.41) is 3.37. The van der Waals surface area contributed by atoms with Crippen LogP contribution in [0.3, 0.4) is 0 Å². The minimum absolute atomic E-state index is 0.0204. The first-order valence-electron chi connectivity index (χ1n) is 7.53. The van der Waals surface area contributed by atoms with E-state index in [0.29, 0.717) is 18.2 Å². The van der Waals surface area contributed by atoms with Gasteiger partial charge in [0.1, 0.15) is 6.61 Å². The van der Waals surface area contributed by atoms with Crippen LogP contribution in [0.15, 0.2) is 0 Å². The summed E-state index contributed by atoms with van der Waals surface area (Å²) in [4.78, 5) is 10.7. The maximum absolute atomic E-state index is 5.98. The fourth-order valence-electron chi connectivity index (χ4n) is 2.77. The molecule has 1 saturated heterocycles. The molecule has 3 heterocycles. The zero-order chi connectivity index (χ0) is 15.9. The van der Waals surface area contributed by atoms with E-state index in [9.17, 15) is 0 Å². The van der Waals surface area contributed by atoms with Crippen LogP contribution >= 0.6 is 0 Å². The SMILES string of the molecule is COC(C)(C)[C@@H]1COc2c(nc(N)nc2N2CC[C@@H](N)C2)N1. The van der Waals surface area contributed by atoms with Gasteiger partial charge in [0.2, 0.25) is 11.7 Å². The van der Waals surface area contributed by atoms with Crippen molar-refractivity contribution in [2.45, 2.75) is 38.0 Å². The van der Waals surface area contributed by atoms with Gasteiger partial charge in [-0.1, -0.05) is 0 Å². The van der Waals surface area contributed by atoms with Gasteiger partial charge in [-0.2, -0.15) is 9.97 Å². The minimum Gasteiger partial charge on any atom is -0.484 e. The number of nitrogen functional groups attached to an aromatic ring is 1. The number of methoxy groups -OCH3 is 1. The third kappa shape index (κ3) is 2.64. The molecule has 0 amide bonds. The molecule has 22 heavy (non-hydrogen) atoms. The molecule has 1 aromatic heterocycles. The molecule has 8 nitrogen and oxygen atoms in total. The van der Waals surface area contributed by atoms with Crippen LogP contribution in [0, 0.1) is 0 Å². The number of anilines is 3. The lowest BCUT2D eigenvalue weighted by atomic mass is 9.98. The van der Waals surface area contributed by atoms with Crippen molar-refractivity contribution in [1.29, 1.82) is 0 Å².